The largest absolute Gasteiger partial charge is 0.487 e. The van der Waals surface area contributed by atoms with Crippen LogP contribution >= 0.6 is 0 Å². The fourth-order valence-corrected chi connectivity index (χ4v) is 1.07. The van der Waals surface area contributed by atoms with Crippen molar-refractivity contribution in [1.29, 1.82) is 0 Å². The van der Waals surface area contributed by atoms with E-state index in [0.29, 0.717) is 0 Å². The van der Waals surface area contributed by atoms with E-state index >= 15 is 0 Å². The van der Waals surface area contributed by atoms with Crippen LogP contribution in [-0.2, 0) is 4.74 Å². The van der Waals surface area contributed by atoms with Crippen LogP contribution in [0.1, 0.15) is 11.6 Å². The lowest BCUT2D eigenvalue weighted by Gasteiger charge is -2.13. The van der Waals surface area contributed by atoms with Crippen LogP contribution in [0.25, 0.3) is 0 Å². The highest BCUT2D eigenvalue weighted by Crippen LogP contribution is 2.16. The zero-order valence-corrected chi connectivity index (χ0v) is 6.84. The van der Waals surface area contributed by atoms with Crippen LogP contribution < -0.4 is 0 Å². The SMILES string of the molecule is COC(B(O)O)c1ccccc1. The van der Waals surface area contributed by atoms with Crippen molar-refractivity contribution in [2.45, 2.75) is 6.00 Å². The molecule has 0 aliphatic heterocycles. The molecule has 4 heteroatoms. The third kappa shape index (κ3) is 2.07. The summed E-state index contributed by atoms with van der Waals surface area (Å²) in [5.74, 6) is 0. The van der Waals surface area contributed by atoms with E-state index in [0.717, 1.165) is 5.56 Å². The number of ether oxygens (including phenoxy) is 1. The Balaban J connectivity index is 2.80. The van der Waals surface area contributed by atoms with Crippen LogP contribution in [0.4, 0.5) is 0 Å². The van der Waals surface area contributed by atoms with E-state index in [2.05, 4.69) is 0 Å². The lowest BCUT2D eigenvalue weighted by atomic mass is 9.78. The average molecular weight is 166 g/mol. The van der Waals surface area contributed by atoms with Gasteiger partial charge in [-0.15, -0.1) is 0 Å². The molecule has 0 aliphatic carbocycles. The lowest BCUT2D eigenvalue weighted by Crippen LogP contribution is -2.24. The minimum Gasteiger partial charge on any atom is -0.425 e. The maximum Gasteiger partial charge on any atom is 0.487 e. The van der Waals surface area contributed by atoms with Crippen molar-refractivity contribution in [2.75, 3.05) is 7.11 Å². The molecule has 1 unspecified atom stereocenters. The molecule has 0 heterocycles. The Morgan fingerprint density at radius 1 is 1.25 bits per heavy atom. The van der Waals surface area contributed by atoms with Crippen molar-refractivity contribution in [3.8, 4) is 0 Å². The highest BCUT2D eigenvalue weighted by Gasteiger charge is 2.24. The van der Waals surface area contributed by atoms with Gasteiger partial charge in [0.2, 0.25) is 0 Å². The van der Waals surface area contributed by atoms with Crippen molar-refractivity contribution >= 4 is 7.12 Å². The van der Waals surface area contributed by atoms with Crippen LogP contribution in [0, 0.1) is 0 Å². The summed E-state index contributed by atoms with van der Waals surface area (Å²) in [5, 5.41) is 17.8. The summed E-state index contributed by atoms with van der Waals surface area (Å²) in [6, 6.07) is 8.42. The second-order valence-corrected chi connectivity index (χ2v) is 2.48. The number of methoxy groups -OCH3 is 1. The molecular formula is C8H11BO3. The van der Waals surface area contributed by atoms with Gasteiger partial charge in [-0.05, 0) is 5.56 Å². The predicted molar refractivity (Wildman–Crippen MR) is 46.4 cm³/mol. The van der Waals surface area contributed by atoms with Gasteiger partial charge in [-0.25, -0.2) is 0 Å². The van der Waals surface area contributed by atoms with Gasteiger partial charge in [0, 0.05) is 7.11 Å². The van der Waals surface area contributed by atoms with Gasteiger partial charge in [0.25, 0.3) is 0 Å². The molecule has 12 heavy (non-hydrogen) atoms. The summed E-state index contributed by atoms with van der Waals surface area (Å²) in [7, 11) is -0.0331. The smallest absolute Gasteiger partial charge is 0.425 e. The van der Waals surface area contributed by atoms with E-state index in [1.165, 1.54) is 7.11 Å². The molecule has 1 aromatic carbocycles. The van der Waals surface area contributed by atoms with Crippen LogP contribution in [0.5, 0.6) is 0 Å². The minimum absolute atomic E-state index is 0.661. The molecule has 0 aliphatic rings. The van der Waals surface area contributed by atoms with Gasteiger partial charge in [-0.1, -0.05) is 30.3 Å². The Kier molecular flexibility index (Phi) is 3.28. The lowest BCUT2D eigenvalue weighted by molar-refractivity contribution is 0.131. The van der Waals surface area contributed by atoms with E-state index in [-0.39, 0.29) is 0 Å². The molecule has 2 N–H and O–H groups in total. The molecule has 0 amide bonds. The molecule has 0 spiro atoms. The predicted octanol–water partition coefficient (Wildman–Crippen LogP) is 0.386. The molecule has 0 radical (unpaired) electrons. The number of hydrogen-bond acceptors (Lipinski definition) is 3. The first-order valence-corrected chi connectivity index (χ1v) is 3.69. The monoisotopic (exact) mass is 166 g/mol. The van der Waals surface area contributed by atoms with Gasteiger partial charge >= 0.3 is 7.12 Å². The summed E-state index contributed by atoms with van der Waals surface area (Å²) >= 11 is 0. The topological polar surface area (TPSA) is 49.7 Å². The zero-order chi connectivity index (χ0) is 8.97. The summed E-state index contributed by atoms with van der Waals surface area (Å²) in [6.45, 7) is 0. The van der Waals surface area contributed by atoms with Crippen LogP contribution in [0.2, 0.25) is 0 Å². The van der Waals surface area contributed by atoms with Crippen LogP contribution in [0.3, 0.4) is 0 Å². The molecular weight excluding hydrogens is 155 g/mol. The zero-order valence-electron chi connectivity index (χ0n) is 6.84. The Bertz CT molecular complexity index is 225. The normalized spacial score (nSPS) is 12.6. The third-order valence-corrected chi connectivity index (χ3v) is 1.65. The molecule has 1 atom stereocenters. The van der Waals surface area contributed by atoms with E-state index in [1.54, 1.807) is 12.1 Å². The van der Waals surface area contributed by atoms with E-state index in [9.17, 15) is 0 Å². The van der Waals surface area contributed by atoms with E-state index < -0.39 is 13.1 Å². The standard InChI is InChI=1S/C8H11BO3/c1-12-8(9(10)11)7-5-3-2-4-6-7/h2-6,8,10-11H,1H3. The molecule has 3 nitrogen and oxygen atoms in total. The fourth-order valence-electron chi connectivity index (χ4n) is 1.07. The second kappa shape index (κ2) is 4.26. The Morgan fingerprint density at radius 2 is 1.83 bits per heavy atom. The maximum atomic E-state index is 8.90. The minimum atomic E-state index is -1.47. The molecule has 0 saturated carbocycles. The number of hydrogen-bond donors (Lipinski definition) is 2. The van der Waals surface area contributed by atoms with Gasteiger partial charge in [0.15, 0.2) is 0 Å². The first-order valence-electron chi connectivity index (χ1n) is 3.69. The Labute approximate surface area is 71.8 Å². The van der Waals surface area contributed by atoms with Gasteiger partial charge < -0.3 is 14.8 Å². The summed E-state index contributed by atoms with van der Waals surface area (Å²) in [6.07, 6.45) is 0. The van der Waals surface area contributed by atoms with Crippen LogP contribution in [-0.4, -0.2) is 24.3 Å². The van der Waals surface area contributed by atoms with E-state index in [4.69, 9.17) is 14.8 Å². The van der Waals surface area contributed by atoms with Crippen molar-refractivity contribution in [3.63, 3.8) is 0 Å². The quantitative estimate of drug-likeness (QED) is 0.638. The summed E-state index contributed by atoms with van der Waals surface area (Å²) < 4.78 is 4.90. The third-order valence-electron chi connectivity index (χ3n) is 1.65. The van der Waals surface area contributed by atoms with Crippen molar-refractivity contribution in [1.82, 2.24) is 0 Å². The molecule has 64 valence electrons. The maximum absolute atomic E-state index is 8.90. The fraction of sp³-hybridized carbons (Fsp3) is 0.250. The van der Waals surface area contributed by atoms with Gasteiger partial charge in [0.05, 0.1) is 0 Å². The van der Waals surface area contributed by atoms with Gasteiger partial charge in [-0.3, -0.25) is 0 Å². The van der Waals surface area contributed by atoms with Crippen molar-refractivity contribution in [2.24, 2.45) is 0 Å². The van der Waals surface area contributed by atoms with Crippen molar-refractivity contribution in [3.05, 3.63) is 35.9 Å². The van der Waals surface area contributed by atoms with E-state index in [1.807, 2.05) is 18.2 Å². The first kappa shape index (κ1) is 9.25. The first-order chi connectivity index (χ1) is 5.75. The number of benzene rings is 1. The van der Waals surface area contributed by atoms with Crippen molar-refractivity contribution < 1.29 is 14.8 Å². The Hall–Kier alpha value is -0.835. The van der Waals surface area contributed by atoms with Gasteiger partial charge in [-0.2, -0.15) is 0 Å². The highest BCUT2D eigenvalue weighted by atomic mass is 16.5. The highest BCUT2D eigenvalue weighted by molar-refractivity contribution is 6.42. The molecule has 0 aromatic heterocycles. The van der Waals surface area contributed by atoms with Crippen LogP contribution in [0.15, 0.2) is 30.3 Å². The summed E-state index contributed by atoms with van der Waals surface area (Å²) in [5.41, 5.74) is 0.759. The van der Waals surface area contributed by atoms with Gasteiger partial charge in [0.1, 0.15) is 6.00 Å². The average Bonchev–Trinajstić information content (AvgIpc) is 2.07. The molecule has 0 saturated heterocycles. The molecule has 0 bridgehead atoms. The number of rotatable bonds is 3. The molecule has 1 aromatic rings. The molecule has 0 fully saturated rings. The second-order valence-electron chi connectivity index (χ2n) is 2.48. The molecule has 1 rings (SSSR count). The summed E-state index contributed by atoms with van der Waals surface area (Å²) in [4.78, 5) is 0. The Morgan fingerprint density at radius 3 is 2.25 bits per heavy atom.